The van der Waals surface area contributed by atoms with Crippen LogP contribution in [0.4, 0.5) is 0 Å². The van der Waals surface area contributed by atoms with Crippen LogP contribution in [0.5, 0.6) is 0 Å². The van der Waals surface area contributed by atoms with E-state index in [1.165, 1.54) is 0 Å². The SMILES string of the molecule is CCC(CC#N)NC(=O)C(N)CC. The molecule has 2 unspecified atom stereocenters. The van der Waals surface area contributed by atoms with Gasteiger partial charge in [-0.2, -0.15) is 5.26 Å². The van der Waals surface area contributed by atoms with Crippen molar-refractivity contribution in [1.82, 2.24) is 5.32 Å². The van der Waals surface area contributed by atoms with E-state index in [0.717, 1.165) is 6.42 Å². The minimum Gasteiger partial charge on any atom is -0.351 e. The van der Waals surface area contributed by atoms with E-state index in [-0.39, 0.29) is 11.9 Å². The molecule has 0 aromatic carbocycles. The average Bonchev–Trinajstić information content (AvgIpc) is 2.15. The van der Waals surface area contributed by atoms with Crippen LogP contribution in [0.3, 0.4) is 0 Å². The van der Waals surface area contributed by atoms with Gasteiger partial charge >= 0.3 is 0 Å². The topological polar surface area (TPSA) is 78.9 Å². The Morgan fingerprint density at radius 1 is 1.54 bits per heavy atom. The zero-order valence-corrected chi connectivity index (χ0v) is 8.21. The maximum absolute atomic E-state index is 11.3. The van der Waals surface area contributed by atoms with Gasteiger partial charge in [-0.05, 0) is 12.8 Å². The third-order valence-electron chi connectivity index (χ3n) is 1.95. The fourth-order valence-corrected chi connectivity index (χ4v) is 0.901. The van der Waals surface area contributed by atoms with Gasteiger partial charge in [0.25, 0.3) is 0 Å². The summed E-state index contributed by atoms with van der Waals surface area (Å²) in [5.41, 5.74) is 5.52. The van der Waals surface area contributed by atoms with Gasteiger partial charge in [0.15, 0.2) is 0 Å². The summed E-state index contributed by atoms with van der Waals surface area (Å²) in [6.07, 6.45) is 1.73. The zero-order chi connectivity index (χ0) is 10.3. The van der Waals surface area contributed by atoms with Crippen molar-refractivity contribution in [1.29, 1.82) is 5.26 Å². The molecular weight excluding hydrogens is 166 g/mol. The molecule has 0 radical (unpaired) electrons. The van der Waals surface area contributed by atoms with E-state index in [2.05, 4.69) is 5.32 Å². The molecular formula is C9H17N3O. The second-order valence-corrected chi connectivity index (χ2v) is 2.99. The quantitative estimate of drug-likeness (QED) is 0.652. The highest BCUT2D eigenvalue weighted by Gasteiger charge is 2.14. The summed E-state index contributed by atoms with van der Waals surface area (Å²) in [4.78, 5) is 11.3. The van der Waals surface area contributed by atoms with E-state index in [4.69, 9.17) is 11.0 Å². The van der Waals surface area contributed by atoms with E-state index in [0.29, 0.717) is 12.8 Å². The van der Waals surface area contributed by atoms with Crippen molar-refractivity contribution in [3.63, 3.8) is 0 Å². The number of nitrogens with one attached hydrogen (secondary N) is 1. The van der Waals surface area contributed by atoms with Gasteiger partial charge in [-0.15, -0.1) is 0 Å². The second kappa shape index (κ2) is 6.44. The van der Waals surface area contributed by atoms with Crippen LogP contribution in [-0.2, 0) is 4.79 Å². The monoisotopic (exact) mass is 183 g/mol. The van der Waals surface area contributed by atoms with Crippen LogP contribution in [0.25, 0.3) is 0 Å². The Kier molecular flexibility index (Phi) is 5.90. The van der Waals surface area contributed by atoms with E-state index in [1.54, 1.807) is 0 Å². The number of nitriles is 1. The van der Waals surface area contributed by atoms with Gasteiger partial charge in [0, 0.05) is 6.04 Å². The van der Waals surface area contributed by atoms with Crippen molar-refractivity contribution >= 4 is 5.91 Å². The summed E-state index contributed by atoms with van der Waals surface area (Å²) < 4.78 is 0. The molecule has 4 heteroatoms. The summed E-state index contributed by atoms with van der Waals surface area (Å²) >= 11 is 0. The summed E-state index contributed by atoms with van der Waals surface area (Å²) in [6, 6.07) is 1.51. The van der Waals surface area contributed by atoms with Crippen LogP contribution in [0.2, 0.25) is 0 Å². The first kappa shape index (κ1) is 11.9. The van der Waals surface area contributed by atoms with Crippen molar-refractivity contribution in [3.8, 4) is 6.07 Å². The molecule has 0 saturated heterocycles. The number of nitrogens with zero attached hydrogens (tertiary/aromatic N) is 1. The predicted molar refractivity (Wildman–Crippen MR) is 50.7 cm³/mol. The first-order valence-corrected chi connectivity index (χ1v) is 4.58. The van der Waals surface area contributed by atoms with Gasteiger partial charge in [0.2, 0.25) is 5.91 Å². The molecule has 0 fully saturated rings. The largest absolute Gasteiger partial charge is 0.351 e. The van der Waals surface area contributed by atoms with Crippen molar-refractivity contribution < 1.29 is 4.79 Å². The van der Waals surface area contributed by atoms with E-state index < -0.39 is 6.04 Å². The fourth-order valence-electron chi connectivity index (χ4n) is 0.901. The molecule has 0 aliphatic heterocycles. The Hall–Kier alpha value is -1.08. The molecule has 0 bridgehead atoms. The van der Waals surface area contributed by atoms with Gasteiger partial charge in [0.05, 0.1) is 18.5 Å². The third-order valence-corrected chi connectivity index (χ3v) is 1.95. The molecule has 0 rings (SSSR count). The Labute approximate surface area is 79.1 Å². The molecule has 0 aliphatic carbocycles. The standard InChI is InChI=1S/C9H17N3O/c1-3-7(5-6-10)12-9(13)8(11)4-2/h7-8H,3-5,11H2,1-2H3,(H,12,13). The molecule has 3 N–H and O–H groups in total. The van der Waals surface area contributed by atoms with E-state index in [1.807, 2.05) is 19.9 Å². The zero-order valence-electron chi connectivity index (χ0n) is 8.21. The fraction of sp³-hybridized carbons (Fsp3) is 0.778. The lowest BCUT2D eigenvalue weighted by molar-refractivity contribution is -0.123. The Morgan fingerprint density at radius 2 is 2.15 bits per heavy atom. The molecule has 0 saturated carbocycles. The number of carbonyl (C=O) groups is 1. The number of amides is 1. The molecule has 4 nitrogen and oxygen atoms in total. The smallest absolute Gasteiger partial charge is 0.237 e. The molecule has 0 aromatic rings. The highest BCUT2D eigenvalue weighted by atomic mass is 16.2. The maximum atomic E-state index is 11.3. The minimum atomic E-state index is -0.451. The van der Waals surface area contributed by atoms with Crippen molar-refractivity contribution in [3.05, 3.63) is 0 Å². The molecule has 0 spiro atoms. The van der Waals surface area contributed by atoms with E-state index in [9.17, 15) is 4.79 Å². The highest BCUT2D eigenvalue weighted by molar-refractivity contribution is 5.81. The molecule has 1 amide bonds. The Bertz CT molecular complexity index is 198. The summed E-state index contributed by atoms with van der Waals surface area (Å²) in [5.74, 6) is -0.162. The summed E-state index contributed by atoms with van der Waals surface area (Å²) in [7, 11) is 0. The third kappa shape index (κ3) is 4.48. The first-order chi connectivity index (χ1) is 6.15. The lowest BCUT2D eigenvalue weighted by Crippen LogP contribution is -2.44. The van der Waals surface area contributed by atoms with Crippen LogP contribution < -0.4 is 11.1 Å². The number of carbonyl (C=O) groups excluding carboxylic acids is 1. The van der Waals surface area contributed by atoms with Gasteiger partial charge in [-0.1, -0.05) is 13.8 Å². The van der Waals surface area contributed by atoms with Crippen LogP contribution in [0, 0.1) is 11.3 Å². The Morgan fingerprint density at radius 3 is 2.54 bits per heavy atom. The van der Waals surface area contributed by atoms with Crippen LogP contribution in [0.1, 0.15) is 33.1 Å². The molecule has 13 heavy (non-hydrogen) atoms. The highest BCUT2D eigenvalue weighted by Crippen LogP contribution is 1.97. The maximum Gasteiger partial charge on any atom is 0.237 e. The van der Waals surface area contributed by atoms with E-state index >= 15 is 0 Å². The molecule has 0 aromatic heterocycles. The number of hydrogen-bond donors (Lipinski definition) is 2. The van der Waals surface area contributed by atoms with Crippen molar-refractivity contribution in [2.24, 2.45) is 5.73 Å². The van der Waals surface area contributed by atoms with Crippen molar-refractivity contribution in [2.45, 2.75) is 45.2 Å². The number of hydrogen-bond acceptors (Lipinski definition) is 3. The van der Waals surface area contributed by atoms with Gasteiger partial charge < -0.3 is 11.1 Å². The summed E-state index contributed by atoms with van der Waals surface area (Å²) in [5, 5.41) is 11.2. The molecule has 74 valence electrons. The minimum absolute atomic E-state index is 0.0601. The number of nitrogens with two attached hydrogens (primary N) is 1. The lowest BCUT2D eigenvalue weighted by atomic mass is 10.1. The van der Waals surface area contributed by atoms with Gasteiger partial charge in [-0.25, -0.2) is 0 Å². The van der Waals surface area contributed by atoms with Crippen LogP contribution >= 0.6 is 0 Å². The normalized spacial score (nSPS) is 14.3. The van der Waals surface area contributed by atoms with Crippen LogP contribution in [-0.4, -0.2) is 18.0 Å². The predicted octanol–water partition coefficient (Wildman–Crippen LogP) is 0.532. The molecule has 0 aliphatic rings. The van der Waals surface area contributed by atoms with Crippen LogP contribution in [0.15, 0.2) is 0 Å². The average molecular weight is 183 g/mol. The van der Waals surface area contributed by atoms with Gasteiger partial charge in [-0.3, -0.25) is 4.79 Å². The Balaban J connectivity index is 3.94. The van der Waals surface area contributed by atoms with Crippen molar-refractivity contribution in [2.75, 3.05) is 0 Å². The van der Waals surface area contributed by atoms with Gasteiger partial charge in [0.1, 0.15) is 0 Å². The number of rotatable bonds is 5. The molecule has 2 atom stereocenters. The second-order valence-electron chi connectivity index (χ2n) is 2.99. The summed E-state index contributed by atoms with van der Waals surface area (Å²) in [6.45, 7) is 3.79. The first-order valence-electron chi connectivity index (χ1n) is 4.58. The lowest BCUT2D eigenvalue weighted by Gasteiger charge is -2.16. The molecule has 0 heterocycles.